The van der Waals surface area contributed by atoms with Crippen LogP contribution in [0, 0.1) is 5.82 Å². The fourth-order valence-corrected chi connectivity index (χ4v) is 3.59. The molecule has 0 radical (unpaired) electrons. The number of Topliss-reactive ketones (excluding diaryl/α,β-unsaturated/α-hetero) is 1. The third kappa shape index (κ3) is 5.59. The molecule has 0 aliphatic rings. The summed E-state index contributed by atoms with van der Waals surface area (Å²) in [5.74, 6) is -0.924. The van der Waals surface area contributed by atoms with Crippen LogP contribution in [0.4, 0.5) is 4.39 Å². The second kappa shape index (κ2) is 9.12. The highest BCUT2D eigenvalue weighted by molar-refractivity contribution is 7.89. The number of ketones is 1. The number of rotatable bonds is 8. The van der Waals surface area contributed by atoms with Gasteiger partial charge in [0.15, 0.2) is 5.78 Å². The molecule has 150 valence electrons. The van der Waals surface area contributed by atoms with Gasteiger partial charge in [-0.05, 0) is 24.6 Å². The van der Waals surface area contributed by atoms with Crippen LogP contribution in [-0.4, -0.2) is 34.1 Å². The van der Waals surface area contributed by atoms with Crippen LogP contribution in [0.25, 0.3) is 0 Å². The van der Waals surface area contributed by atoms with Crippen molar-refractivity contribution in [2.75, 3.05) is 0 Å². The van der Waals surface area contributed by atoms with Crippen LogP contribution < -0.4 is 4.72 Å². The normalized spacial score (nSPS) is 11.4. The smallest absolute Gasteiger partial charge is 0.240 e. The molecule has 29 heavy (non-hydrogen) atoms. The molecule has 0 aliphatic carbocycles. The lowest BCUT2D eigenvalue weighted by atomic mass is 10.1. The number of aryl methyl sites for hydroxylation is 1. The predicted molar refractivity (Wildman–Crippen MR) is 102 cm³/mol. The highest BCUT2D eigenvalue weighted by Gasteiger charge is 2.16. The molecule has 3 rings (SSSR count). The van der Waals surface area contributed by atoms with Crippen LogP contribution in [0.2, 0.25) is 5.02 Å². The van der Waals surface area contributed by atoms with Gasteiger partial charge in [0, 0.05) is 25.0 Å². The van der Waals surface area contributed by atoms with Crippen molar-refractivity contribution in [1.82, 2.24) is 24.7 Å². The van der Waals surface area contributed by atoms with Gasteiger partial charge in [0.1, 0.15) is 11.5 Å². The summed E-state index contributed by atoms with van der Waals surface area (Å²) in [6, 6.07) is 3.09. The molecule has 2 heterocycles. The Balaban J connectivity index is 1.58. The first-order valence-corrected chi connectivity index (χ1v) is 10.2. The molecule has 1 aromatic carbocycles. The number of aromatic nitrogens is 4. The first-order chi connectivity index (χ1) is 13.8. The largest absolute Gasteiger partial charge is 0.292 e. The highest BCUT2D eigenvalue weighted by atomic mass is 35.5. The molecule has 0 amide bonds. The minimum Gasteiger partial charge on any atom is -0.292 e. The summed E-state index contributed by atoms with van der Waals surface area (Å²) in [4.78, 5) is 28.1. The fourth-order valence-electron chi connectivity index (χ4n) is 2.32. The van der Waals surface area contributed by atoms with Gasteiger partial charge in [-0.25, -0.2) is 22.5 Å². The third-order valence-corrected chi connectivity index (χ3v) is 5.55. The first kappa shape index (κ1) is 20.9. The van der Waals surface area contributed by atoms with E-state index in [1.54, 1.807) is 18.6 Å². The van der Waals surface area contributed by atoms with Crippen LogP contribution in [0.3, 0.4) is 0 Å². The van der Waals surface area contributed by atoms with Crippen molar-refractivity contribution in [1.29, 1.82) is 0 Å². The number of hydrogen-bond donors (Lipinski definition) is 1. The summed E-state index contributed by atoms with van der Waals surface area (Å²) in [6.45, 7) is -0.154. The van der Waals surface area contributed by atoms with E-state index >= 15 is 0 Å². The molecule has 3 aromatic rings. The quantitative estimate of drug-likeness (QED) is 0.540. The van der Waals surface area contributed by atoms with E-state index in [1.807, 2.05) is 0 Å². The Hall–Kier alpha value is -2.82. The van der Waals surface area contributed by atoms with Crippen molar-refractivity contribution in [2.24, 2.45) is 0 Å². The van der Waals surface area contributed by atoms with Gasteiger partial charge in [-0.2, -0.15) is 0 Å². The minimum absolute atomic E-state index is 0.154. The van der Waals surface area contributed by atoms with Gasteiger partial charge in [0.25, 0.3) is 0 Å². The number of carbonyl (C=O) groups is 1. The molecule has 8 nitrogen and oxygen atoms in total. The molecule has 1 N–H and O–H groups in total. The molecule has 0 unspecified atom stereocenters. The molecule has 0 spiro atoms. The van der Waals surface area contributed by atoms with E-state index in [2.05, 4.69) is 24.7 Å². The lowest BCUT2D eigenvalue weighted by Gasteiger charge is -2.07. The Kier molecular flexibility index (Phi) is 6.57. The lowest BCUT2D eigenvalue weighted by molar-refractivity contribution is 0.0977. The Morgan fingerprint density at radius 2 is 1.90 bits per heavy atom. The van der Waals surface area contributed by atoms with Gasteiger partial charge < -0.3 is 0 Å². The zero-order chi connectivity index (χ0) is 20.9. The molecule has 0 saturated heterocycles. The molecule has 0 bridgehead atoms. The van der Waals surface area contributed by atoms with Gasteiger partial charge >= 0.3 is 0 Å². The zero-order valence-electron chi connectivity index (χ0n) is 14.9. The molecule has 11 heteroatoms. The lowest BCUT2D eigenvalue weighted by Crippen LogP contribution is -2.24. The van der Waals surface area contributed by atoms with E-state index in [-0.39, 0.29) is 34.4 Å². The van der Waals surface area contributed by atoms with Crippen LogP contribution in [-0.2, 0) is 23.0 Å². The van der Waals surface area contributed by atoms with Crippen molar-refractivity contribution < 1.29 is 17.6 Å². The van der Waals surface area contributed by atoms with E-state index in [9.17, 15) is 17.6 Å². The number of nitrogens with one attached hydrogen (secondary N) is 1. The summed E-state index contributed by atoms with van der Waals surface area (Å²) in [6.07, 6.45) is 7.92. The summed E-state index contributed by atoms with van der Waals surface area (Å²) < 4.78 is 40.0. The number of carbonyl (C=O) groups excluding carboxylic acids is 1. The van der Waals surface area contributed by atoms with Gasteiger partial charge in [-0.3, -0.25) is 19.7 Å². The minimum atomic E-state index is -3.91. The number of hydrogen-bond acceptors (Lipinski definition) is 7. The van der Waals surface area contributed by atoms with Crippen molar-refractivity contribution in [3.63, 3.8) is 0 Å². The van der Waals surface area contributed by atoms with E-state index in [1.165, 1.54) is 12.4 Å². The topological polar surface area (TPSA) is 115 Å². The van der Waals surface area contributed by atoms with Crippen LogP contribution in [0.5, 0.6) is 0 Å². The van der Waals surface area contributed by atoms with Gasteiger partial charge in [-0.15, -0.1) is 0 Å². The maximum absolute atomic E-state index is 13.2. The Labute approximate surface area is 171 Å². The van der Waals surface area contributed by atoms with Crippen molar-refractivity contribution in [3.8, 4) is 0 Å². The number of benzene rings is 1. The van der Waals surface area contributed by atoms with Gasteiger partial charge in [0.2, 0.25) is 10.0 Å². The van der Waals surface area contributed by atoms with E-state index in [4.69, 9.17) is 11.6 Å². The molecule has 0 fully saturated rings. The van der Waals surface area contributed by atoms with E-state index < -0.39 is 15.8 Å². The third-order valence-electron chi connectivity index (χ3n) is 3.86. The molecule has 0 saturated carbocycles. The maximum atomic E-state index is 13.2. The Morgan fingerprint density at radius 3 is 2.55 bits per heavy atom. The molecular formula is C18H15ClFN5O3S. The second-order valence-electron chi connectivity index (χ2n) is 5.91. The Morgan fingerprint density at radius 1 is 1.07 bits per heavy atom. The van der Waals surface area contributed by atoms with Crippen LogP contribution in [0.15, 0.2) is 54.1 Å². The monoisotopic (exact) mass is 435 g/mol. The fraction of sp³-hybridized carbons (Fsp3) is 0.167. The van der Waals surface area contributed by atoms with Crippen molar-refractivity contribution in [3.05, 3.63) is 77.1 Å². The Bertz CT molecular complexity index is 1110. The second-order valence-corrected chi connectivity index (χ2v) is 8.09. The maximum Gasteiger partial charge on any atom is 0.240 e. The van der Waals surface area contributed by atoms with Gasteiger partial charge in [-0.1, -0.05) is 11.6 Å². The molecule has 2 aromatic heterocycles. The SMILES string of the molecule is O=C(CCc1cnccn1)c1cnc(CNS(=O)(=O)c2ccc(F)c(Cl)c2)cn1. The number of halogens is 2. The van der Waals surface area contributed by atoms with Crippen molar-refractivity contribution >= 4 is 27.4 Å². The summed E-state index contributed by atoms with van der Waals surface area (Å²) in [5.41, 5.74) is 1.18. The average molecular weight is 436 g/mol. The summed E-state index contributed by atoms with van der Waals surface area (Å²) in [5, 5.41) is -0.294. The van der Waals surface area contributed by atoms with Crippen LogP contribution >= 0.6 is 11.6 Å². The summed E-state index contributed by atoms with van der Waals surface area (Å²) >= 11 is 5.62. The average Bonchev–Trinajstić information content (AvgIpc) is 2.73. The number of sulfonamides is 1. The highest BCUT2D eigenvalue weighted by Crippen LogP contribution is 2.19. The van der Waals surface area contributed by atoms with Gasteiger partial charge in [0.05, 0.1) is 40.2 Å². The standard InChI is InChI=1S/C18H15ClFN5O3S/c19-15-7-14(2-3-16(15)20)29(27,28)25-10-13-9-24-17(11-23-13)18(26)4-1-12-8-21-5-6-22-12/h2-3,5-9,11,25H,1,4,10H2. The van der Waals surface area contributed by atoms with Crippen LogP contribution in [0.1, 0.15) is 28.3 Å². The van der Waals surface area contributed by atoms with E-state index in [0.29, 0.717) is 17.8 Å². The zero-order valence-corrected chi connectivity index (χ0v) is 16.5. The van der Waals surface area contributed by atoms with Crippen molar-refractivity contribution in [2.45, 2.75) is 24.3 Å². The molecule has 0 atom stereocenters. The first-order valence-electron chi connectivity index (χ1n) is 8.39. The molecule has 0 aliphatic heterocycles. The number of nitrogens with zero attached hydrogens (tertiary/aromatic N) is 4. The molecular weight excluding hydrogens is 421 g/mol. The summed E-state index contributed by atoms with van der Waals surface area (Å²) in [7, 11) is -3.91. The predicted octanol–water partition coefficient (Wildman–Crippen LogP) is 2.35. The van der Waals surface area contributed by atoms with E-state index in [0.717, 1.165) is 18.2 Å².